The first-order chi connectivity index (χ1) is 10.6. The second-order valence-corrected chi connectivity index (χ2v) is 6.53. The summed E-state index contributed by atoms with van der Waals surface area (Å²) >= 11 is 0. The van der Waals surface area contributed by atoms with Crippen LogP contribution in [0, 0.1) is 0 Å². The molecule has 0 aromatic heterocycles. The van der Waals surface area contributed by atoms with E-state index in [0.29, 0.717) is 12.5 Å². The Kier molecular flexibility index (Phi) is 4.47. The topological polar surface area (TPSA) is 71.2 Å². The van der Waals surface area contributed by atoms with Crippen LogP contribution in [-0.2, 0) is 9.53 Å². The van der Waals surface area contributed by atoms with Crippen molar-refractivity contribution in [3.63, 3.8) is 0 Å². The fraction of sp³-hybridized carbons (Fsp3) is 0.588. The molecule has 0 saturated carbocycles. The van der Waals surface area contributed by atoms with Crippen LogP contribution in [0.4, 0.5) is 0 Å². The highest BCUT2D eigenvalue weighted by Gasteiger charge is 2.49. The van der Waals surface area contributed by atoms with Crippen molar-refractivity contribution in [2.45, 2.75) is 49.5 Å². The Morgan fingerprint density at radius 3 is 2.68 bits per heavy atom. The fourth-order valence-electron chi connectivity index (χ4n) is 3.91. The maximum Gasteiger partial charge on any atom is 0.316 e. The van der Waals surface area contributed by atoms with Gasteiger partial charge in [-0.2, -0.15) is 0 Å². The number of esters is 1. The highest BCUT2D eigenvalue weighted by molar-refractivity contribution is 5.78. The minimum atomic E-state index is -0.629. The number of nitrogens with one attached hydrogen (secondary N) is 1. The number of likely N-dealkylation sites (N-methyl/N-ethyl adjacent to an activating group) is 1. The lowest BCUT2D eigenvalue weighted by molar-refractivity contribution is -0.924. The smallest absolute Gasteiger partial charge is 0.316 e. The average molecular weight is 306 g/mol. The molecular formula is C17H24NO4+. The SMILES string of the molecule is C[NH+]1[C@H]2C[C@H](OC(=O)[C@H](CO)c3ccccc3)C[C@@H]1[C@@H](O)C2. The van der Waals surface area contributed by atoms with Crippen molar-refractivity contribution in [3.8, 4) is 0 Å². The van der Waals surface area contributed by atoms with Gasteiger partial charge in [0, 0.05) is 19.3 Å². The summed E-state index contributed by atoms with van der Waals surface area (Å²) in [6.07, 6.45) is 1.82. The van der Waals surface area contributed by atoms with Crippen molar-refractivity contribution in [3.05, 3.63) is 35.9 Å². The van der Waals surface area contributed by atoms with E-state index in [4.69, 9.17) is 4.74 Å². The first-order valence-corrected chi connectivity index (χ1v) is 7.97. The van der Waals surface area contributed by atoms with Crippen LogP contribution < -0.4 is 4.90 Å². The normalized spacial score (nSPS) is 35.1. The van der Waals surface area contributed by atoms with E-state index in [1.54, 1.807) is 0 Å². The number of carbonyl (C=O) groups excluding carboxylic acids is 1. The van der Waals surface area contributed by atoms with Gasteiger partial charge in [-0.25, -0.2) is 0 Å². The summed E-state index contributed by atoms with van der Waals surface area (Å²) in [5, 5.41) is 19.6. The second kappa shape index (κ2) is 6.36. The third kappa shape index (κ3) is 2.89. The van der Waals surface area contributed by atoms with E-state index in [0.717, 1.165) is 18.4 Å². The maximum atomic E-state index is 12.4. The third-order valence-electron chi connectivity index (χ3n) is 5.24. The minimum absolute atomic E-state index is 0.152. The van der Waals surface area contributed by atoms with E-state index in [1.165, 1.54) is 4.90 Å². The molecule has 3 rings (SSSR count). The number of piperidine rings is 1. The highest BCUT2D eigenvalue weighted by atomic mass is 16.5. The highest BCUT2D eigenvalue weighted by Crippen LogP contribution is 2.27. The summed E-state index contributed by atoms with van der Waals surface area (Å²) in [6.45, 7) is -0.254. The van der Waals surface area contributed by atoms with Gasteiger partial charge in [-0.05, 0) is 5.56 Å². The van der Waals surface area contributed by atoms with Crippen LogP contribution in [0.25, 0.3) is 0 Å². The molecule has 22 heavy (non-hydrogen) atoms. The number of quaternary nitrogens is 1. The molecule has 2 bridgehead atoms. The Bertz CT molecular complexity index is 521. The monoisotopic (exact) mass is 306 g/mol. The molecule has 5 heteroatoms. The van der Waals surface area contributed by atoms with Crippen molar-refractivity contribution in [2.75, 3.05) is 13.7 Å². The summed E-state index contributed by atoms with van der Waals surface area (Å²) in [7, 11) is 2.10. The van der Waals surface area contributed by atoms with Gasteiger partial charge in [0.25, 0.3) is 0 Å². The molecule has 2 aliphatic heterocycles. The van der Waals surface area contributed by atoms with Crippen molar-refractivity contribution >= 4 is 5.97 Å². The van der Waals surface area contributed by atoms with Gasteiger partial charge < -0.3 is 19.8 Å². The predicted molar refractivity (Wildman–Crippen MR) is 80.5 cm³/mol. The molecule has 0 radical (unpaired) electrons. The van der Waals surface area contributed by atoms with Gasteiger partial charge in [0.15, 0.2) is 0 Å². The van der Waals surface area contributed by atoms with Crippen LogP contribution in [0.1, 0.15) is 30.7 Å². The van der Waals surface area contributed by atoms with Gasteiger partial charge in [-0.15, -0.1) is 0 Å². The number of rotatable bonds is 4. The van der Waals surface area contributed by atoms with Crippen molar-refractivity contribution in [2.24, 2.45) is 0 Å². The number of aliphatic hydroxyl groups excluding tert-OH is 2. The van der Waals surface area contributed by atoms with Crippen molar-refractivity contribution in [1.29, 1.82) is 0 Å². The van der Waals surface area contributed by atoms with Crippen molar-refractivity contribution < 1.29 is 24.6 Å². The molecule has 3 N–H and O–H groups in total. The van der Waals surface area contributed by atoms with E-state index < -0.39 is 5.92 Å². The molecule has 0 amide bonds. The standard InChI is InChI=1S/C17H23NO4/c1-18-12-7-13(9-15(18)16(20)8-12)22-17(21)14(10-19)11-5-3-2-4-6-11/h2-6,12-16,19-20H,7-10H2,1H3/p+1/t12-,13-,14+,15+,16-/m0/s1. The summed E-state index contributed by atoms with van der Waals surface area (Å²) in [6, 6.07) is 9.74. The Hall–Kier alpha value is -1.43. The quantitative estimate of drug-likeness (QED) is 0.655. The largest absolute Gasteiger partial charge is 0.461 e. The van der Waals surface area contributed by atoms with E-state index in [1.807, 2.05) is 30.3 Å². The van der Waals surface area contributed by atoms with E-state index >= 15 is 0 Å². The molecule has 1 aromatic carbocycles. The Balaban J connectivity index is 1.65. The maximum absolute atomic E-state index is 12.4. The number of hydrogen-bond donors (Lipinski definition) is 3. The number of fused-ring (bicyclic) bond motifs is 2. The summed E-state index contributed by atoms with van der Waals surface area (Å²) in [4.78, 5) is 13.7. The molecule has 2 saturated heterocycles. The first-order valence-electron chi connectivity index (χ1n) is 7.97. The summed E-state index contributed by atoms with van der Waals surface area (Å²) in [5.41, 5.74) is 0.775. The number of ether oxygens (including phenoxy) is 1. The number of aliphatic hydroxyl groups is 2. The van der Waals surface area contributed by atoms with Gasteiger partial charge >= 0.3 is 5.97 Å². The molecular weight excluding hydrogens is 282 g/mol. The Morgan fingerprint density at radius 1 is 1.32 bits per heavy atom. The number of hydrogen-bond acceptors (Lipinski definition) is 4. The lowest BCUT2D eigenvalue weighted by atomic mass is 9.98. The second-order valence-electron chi connectivity index (χ2n) is 6.53. The molecule has 120 valence electrons. The van der Waals surface area contributed by atoms with Gasteiger partial charge in [-0.1, -0.05) is 30.3 Å². The summed E-state index contributed by atoms with van der Waals surface area (Å²) in [5.74, 6) is -0.997. The van der Waals surface area contributed by atoms with Gasteiger partial charge in [-0.3, -0.25) is 4.79 Å². The molecule has 6 atom stereocenters. The van der Waals surface area contributed by atoms with Gasteiger partial charge in [0.05, 0.1) is 19.7 Å². The lowest BCUT2D eigenvalue weighted by Crippen LogP contribution is -3.16. The number of benzene rings is 1. The lowest BCUT2D eigenvalue weighted by Gasteiger charge is -2.33. The zero-order chi connectivity index (χ0) is 15.7. The molecule has 1 unspecified atom stereocenters. The first kappa shape index (κ1) is 15.5. The van der Waals surface area contributed by atoms with E-state index in [9.17, 15) is 15.0 Å². The molecule has 5 nitrogen and oxygen atoms in total. The van der Waals surface area contributed by atoms with E-state index in [-0.39, 0.29) is 30.8 Å². The zero-order valence-corrected chi connectivity index (χ0v) is 12.8. The van der Waals surface area contributed by atoms with Crippen LogP contribution in [-0.4, -0.2) is 54.1 Å². The molecule has 2 aliphatic rings. The third-order valence-corrected chi connectivity index (χ3v) is 5.24. The number of carbonyl (C=O) groups is 1. The average Bonchev–Trinajstić information content (AvgIpc) is 2.68. The predicted octanol–water partition coefficient (Wildman–Crippen LogP) is -0.515. The van der Waals surface area contributed by atoms with Crippen LogP contribution in [0.15, 0.2) is 30.3 Å². The molecule has 0 aliphatic carbocycles. The zero-order valence-electron chi connectivity index (χ0n) is 12.8. The molecule has 2 heterocycles. The molecule has 2 fully saturated rings. The van der Waals surface area contributed by atoms with Crippen LogP contribution in [0.5, 0.6) is 0 Å². The van der Waals surface area contributed by atoms with Crippen LogP contribution >= 0.6 is 0 Å². The van der Waals surface area contributed by atoms with Crippen LogP contribution in [0.3, 0.4) is 0 Å². The van der Waals surface area contributed by atoms with Crippen molar-refractivity contribution in [1.82, 2.24) is 0 Å². The molecule has 0 spiro atoms. The fourth-order valence-corrected chi connectivity index (χ4v) is 3.91. The van der Waals surface area contributed by atoms with Gasteiger partial charge in [0.2, 0.25) is 0 Å². The Morgan fingerprint density at radius 2 is 2.05 bits per heavy atom. The van der Waals surface area contributed by atoms with E-state index in [2.05, 4.69) is 7.05 Å². The van der Waals surface area contributed by atoms with Crippen LogP contribution in [0.2, 0.25) is 0 Å². The van der Waals surface area contributed by atoms with Gasteiger partial charge in [0.1, 0.15) is 24.2 Å². The molecule has 1 aromatic rings. The minimum Gasteiger partial charge on any atom is -0.461 e. The Labute approximate surface area is 130 Å². The summed E-state index contributed by atoms with van der Waals surface area (Å²) < 4.78 is 5.65.